The Bertz CT molecular complexity index is 369. The van der Waals surface area contributed by atoms with Gasteiger partial charge in [-0.05, 0) is 43.2 Å². The Morgan fingerprint density at radius 3 is 3.00 bits per heavy atom. The van der Waals surface area contributed by atoms with Crippen LogP contribution < -0.4 is 5.32 Å². The van der Waals surface area contributed by atoms with Crippen LogP contribution in [-0.2, 0) is 0 Å². The van der Waals surface area contributed by atoms with Gasteiger partial charge in [0.1, 0.15) is 0 Å². The molecule has 0 saturated carbocycles. The molecule has 1 nitrogen and oxygen atoms in total. The summed E-state index contributed by atoms with van der Waals surface area (Å²) in [4.78, 5) is 0. The predicted molar refractivity (Wildman–Crippen MR) is 80.6 cm³/mol. The monoisotopic (exact) mass is 313 g/mol. The van der Waals surface area contributed by atoms with Crippen LogP contribution in [0.15, 0.2) is 28.7 Å². The molecule has 1 saturated heterocycles. The Kier molecular flexibility index (Phi) is 4.95. The first-order valence-corrected chi connectivity index (χ1v) is 8.14. The molecular formula is C14H20BrNS. The summed E-state index contributed by atoms with van der Waals surface area (Å²) in [6, 6.07) is 9.68. The molecule has 2 rings (SSSR count). The summed E-state index contributed by atoms with van der Waals surface area (Å²) in [5.41, 5.74) is 1.36. The Balaban J connectivity index is 1.98. The fraction of sp³-hybridized carbons (Fsp3) is 0.571. The van der Waals surface area contributed by atoms with Crippen LogP contribution in [0.1, 0.15) is 38.3 Å². The van der Waals surface area contributed by atoms with Crippen LogP contribution >= 0.6 is 27.7 Å². The van der Waals surface area contributed by atoms with Gasteiger partial charge in [0.05, 0.1) is 0 Å². The smallest absolute Gasteiger partial charge is 0.0295 e. The fourth-order valence-corrected chi connectivity index (χ4v) is 3.90. The first kappa shape index (κ1) is 13.4. The van der Waals surface area contributed by atoms with Crippen molar-refractivity contribution in [1.29, 1.82) is 0 Å². The van der Waals surface area contributed by atoms with Crippen molar-refractivity contribution in [2.75, 3.05) is 5.75 Å². The molecule has 1 aromatic rings. The average Bonchev–Trinajstić information content (AvgIpc) is 2.32. The lowest BCUT2D eigenvalue weighted by Gasteiger charge is -2.32. The highest BCUT2D eigenvalue weighted by atomic mass is 79.9. The minimum Gasteiger partial charge on any atom is -0.306 e. The van der Waals surface area contributed by atoms with Gasteiger partial charge in [0.2, 0.25) is 0 Å². The van der Waals surface area contributed by atoms with Crippen LogP contribution in [0.25, 0.3) is 0 Å². The van der Waals surface area contributed by atoms with Crippen molar-refractivity contribution in [2.24, 2.45) is 0 Å². The summed E-state index contributed by atoms with van der Waals surface area (Å²) in [6.45, 7) is 4.60. The first-order valence-electron chi connectivity index (χ1n) is 6.30. The second kappa shape index (κ2) is 6.26. The van der Waals surface area contributed by atoms with Crippen molar-refractivity contribution < 1.29 is 0 Å². The summed E-state index contributed by atoms with van der Waals surface area (Å²) in [5, 5.41) is 4.51. The standard InChI is InChI=1S/C14H20BrNS/c1-10(12-5-3-6-13(15)9-12)16-14-7-4-8-17-11(14)2/h3,5-6,9-11,14,16H,4,7-8H2,1-2H3/t10-,11?,14?/m0/s1. The molecule has 3 heteroatoms. The maximum atomic E-state index is 3.77. The summed E-state index contributed by atoms with van der Waals surface area (Å²) in [5.74, 6) is 1.32. The van der Waals surface area contributed by atoms with Gasteiger partial charge in [0.25, 0.3) is 0 Å². The zero-order valence-electron chi connectivity index (χ0n) is 10.4. The minimum atomic E-state index is 0.429. The van der Waals surface area contributed by atoms with Gasteiger partial charge in [-0.25, -0.2) is 0 Å². The average molecular weight is 314 g/mol. The maximum absolute atomic E-state index is 3.77. The highest BCUT2D eigenvalue weighted by Crippen LogP contribution is 2.27. The minimum absolute atomic E-state index is 0.429. The summed E-state index contributed by atoms with van der Waals surface area (Å²) in [7, 11) is 0. The highest BCUT2D eigenvalue weighted by Gasteiger charge is 2.23. The number of hydrogen-bond acceptors (Lipinski definition) is 2. The van der Waals surface area contributed by atoms with Crippen molar-refractivity contribution in [2.45, 2.75) is 44.0 Å². The van der Waals surface area contributed by atoms with Crippen LogP contribution in [0.2, 0.25) is 0 Å². The van der Waals surface area contributed by atoms with Gasteiger partial charge in [-0.2, -0.15) is 11.8 Å². The first-order chi connectivity index (χ1) is 8.16. The zero-order chi connectivity index (χ0) is 12.3. The molecule has 3 atom stereocenters. The quantitative estimate of drug-likeness (QED) is 0.888. The van der Waals surface area contributed by atoms with Gasteiger partial charge in [-0.3, -0.25) is 0 Å². The summed E-state index contributed by atoms with van der Waals surface area (Å²) >= 11 is 5.63. The third-order valence-corrected chi connectivity index (χ3v) is 5.29. The third kappa shape index (κ3) is 3.73. The Labute approximate surface area is 117 Å². The molecule has 0 radical (unpaired) electrons. The molecule has 1 N–H and O–H groups in total. The molecule has 1 aliphatic rings. The van der Waals surface area contributed by atoms with E-state index in [9.17, 15) is 0 Å². The largest absolute Gasteiger partial charge is 0.306 e. The second-order valence-electron chi connectivity index (χ2n) is 4.77. The van der Waals surface area contributed by atoms with E-state index in [2.05, 4.69) is 71.1 Å². The topological polar surface area (TPSA) is 12.0 Å². The van der Waals surface area contributed by atoms with E-state index in [1.807, 2.05) is 0 Å². The van der Waals surface area contributed by atoms with Crippen LogP contribution in [0, 0.1) is 0 Å². The molecule has 94 valence electrons. The van der Waals surface area contributed by atoms with E-state index in [-0.39, 0.29) is 0 Å². The van der Waals surface area contributed by atoms with Gasteiger partial charge in [0.15, 0.2) is 0 Å². The van der Waals surface area contributed by atoms with E-state index in [4.69, 9.17) is 0 Å². The number of hydrogen-bond donors (Lipinski definition) is 1. The van der Waals surface area contributed by atoms with Crippen LogP contribution in [0.3, 0.4) is 0 Å². The van der Waals surface area contributed by atoms with E-state index in [1.54, 1.807) is 0 Å². The van der Waals surface area contributed by atoms with Crippen LogP contribution in [0.4, 0.5) is 0 Å². The lowest BCUT2D eigenvalue weighted by Crippen LogP contribution is -2.40. The molecule has 0 bridgehead atoms. The number of halogens is 1. The number of thioether (sulfide) groups is 1. The van der Waals surface area contributed by atoms with Gasteiger partial charge in [0, 0.05) is 21.8 Å². The normalized spacial score (nSPS) is 26.8. The Morgan fingerprint density at radius 2 is 2.29 bits per heavy atom. The van der Waals surface area contributed by atoms with Crippen LogP contribution in [-0.4, -0.2) is 17.0 Å². The highest BCUT2D eigenvalue weighted by molar-refractivity contribution is 9.10. The zero-order valence-corrected chi connectivity index (χ0v) is 12.9. The number of nitrogens with one attached hydrogen (secondary N) is 1. The van der Waals surface area contributed by atoms with Crippen molar-refractivity contribution in [3.05, 3.63) is 34.3 Å². The van der Waals surface area contributed by atoms with E-state index < -0.39 is 0 Å². The van der Waals surface area contributed by atoms with Crippen LogP contribution in [0.5, 0.6) is 0 Å². The van der Waals surface area contributed by atoms with Crippen molar-refractivity contribution in [3.63, 3.8) is 0 Å². The molecule has 0 spiro atoms. The van der Waals surface area contributed by atoms with E-state index in [0.717, 1.165) is 9.72 Å². The SMILES string of the molecule is CC1SCCCC1N[C@@H](C)c1cccc(Br)c1. The Morgan fingerprint density at radius 1 is 1.47 bits per heavy atom. The molecule has 1 fully saturated rings. The van der Waals surface area contributed by atoms with Crippen molar-refractivity contribution in [1.82, 2.24) is 5.32 Å². The molecular weight excluding hydrogens is 294 g/mol. The lowest BCUT2D eigenvalue weighted by atomic mass is 10.0. The lowest BCUT2D eigenvalue weighted by molar-refractivity contribution is 0.417. The molecule has 1 aliphatic heterocycles. The Hall–Kier alpha value is 0.01000. The second-order valence-corrected chi connectivity index (χ2v) is 7.17. The van der Waals surface area contributed by atoms with Gasteiger partial charge in [-0.1, -0.05) is 35.0 Å². The molecule has 2 unspecified atom stereocenters. The molecule has 0 amide bonds. The third-order valence-electron chi connectivity index (χ3n) is 3.42. The molecule has 17 heavy (non-hydrogen) atoms. The van der Waals surface area contributed by atoms with E-state index in [0.29, 0.717) is 12.1 Å². The summed E-state index contributed by atoms with van der Waals surface area (Å²) < 4.78 is 1.16. The molecule has 0 aromatic heterocycles. The number of rotatable bonds is 3. The van der Waals surface area contributed by atoms with Gasteiger partial charge < -0.3 is 5.32 Å². The molecule has 0 aliphatic carbocycles. The van der Waals surface area contributed by atoms with Gasteiger partial charge >= 0.3 is 0 Å². The number of benzene rings is 1. The fourth-order valence-electron chi connectivity index (χ4n) is 2.34. The molecule has 1 heterocycles. The van der Waals surface area contributed by atoms with Crippen molar-refractivity contribution >= 4 is 27.7 Å². The van der Waals surface area contributed by atoms with E-state index in [1.165, 1.54) is 24.2 Å². The summed E-state index contributed by atoms with van der Waals surface area (Å²) in [6.07, 6.45) is 2.66. The maximum Gasteiger partial charge on any atom is 0.0295 e. The molecule has 1 aromatic carbocycles. The van der Waals surface area contributed by atoms with E-state index >= 15 is 0 Å². The van der Waals surface area contributed by atoms with Gasteiger partial charge in [-0.15, -0.1) is 0 Å². The van der Waals surface area contributed by atoms with Crippen molar-refractivity contribution in [3.8, 4) is 0 Å². The predicted octanol–water partition coefficient (Wildman–Crippen LogP) is 4.38.